The third kappa shape index (κ3) is 3.65. The van der Waals surface area contributed by atoms with Gasteiger partial charge in [0.05, 0.1) is 30.2 Å². The van der Waals surface area contributed by atoms with Crippen LogP contribution in [-0.2, 0) is 0 Å². The molecule has 0 aliphatic heterocycles. The zero-order chi connectivity index (χ0) is 49.3. The molecule has 0 bridgehead atoms. The number of benzene rings is 8. The van der Waals surface area contributed by atoms with Crippen molar-refractivity contribution in [2.24, 2.45) is 0 Å². The fourth-order valence-electron chi connectivity index (χ4n) is 5.99. The first-order valence-corrected chi connectivity index (χ1v) is 13.9. The SMILES string of the molecule is [2H]c1c([2H])c([2H])c(-c2ccc(-c3c4c([2H])c([2H])c([2H])c([2H])c4c(-c4c([2H])c([2H])c5oc6c([2H])c([2H])c7oc8c([2H])c([2H])c([2H])c([2H])c8c7c6c5c4[2H])c4c([2H])c([2H])c([2H])c([2H])c34)cc2)c([2H])c1[2H]. The summed E-state index contributed by atoms with van der Waals surface area (Å²) >= 11 is 0. The molecule has 2 nitrogen and oxygen atoms in total. The van der Waals surface area contributed by atoms with Crippen molar-refractivity contribution in [3.63, 3.8) is 0 Å². The van der Waals surface area contributed by atoms with Gasteiger partial charge >= 0.3 is 0 Å². The normalized spacial score (nSPS) is 18.6. The summed E-state index contributed by atoms with van der Waals surface area (Å²) in [5, 5.41) is -2.58. The molecule has 0 spiro atoms. The molecule has 2 heteroatoms. The molecule has 0 unspecified atom stereocenters. The average Bonchev–Trinajstić information content (AvgIpc) is 3.93. The maximum atomic E-state index is 9.93. The molecule has 0 amide bonds. The van der Waals surface area contributed by atoms with E-state index < -0.39 is 177 Å². The second-order valence-corrected chi connectivity index (χ2v) is 10.3. The highest BCUT2D eigenvalue weighted by Gasteiger charge is 2.20. The molecule has 0 radical (unpaired) electrons. The predicted octanol–water partition coefficient (Wildman–Crippen LogP) is 12.8. The first-order chi connectivity index (χ1) is 32.0. The van der Waals surface area contributed by atoms with Crippen LogP contribution in [0.25, 0.3) is 98.8 Å². The number of furan rings is 2. The quantitative estimate of drug-likeness (QED) is 0.187. The van der Waals surface area contributed by atoms with Gasteiger partial charge in [0.2, 0.25) is 0 Å². The molecular weight excluding hydrogens is 560 g/mol. The van der Waals surface area contributed by atoms with Gasteiger partial charge in [0.1, 0.15) is 22.3 Å². The lowest BCUT2D eigenvalue weighted by atomic mass is 9.85. The molecule has 0 atom stereocenters. The predicted molar refractivity (Wildman–Crippen MR) is 192 cm³/mol. The zero-order valence-corrected chi connectivity index (χ0v) is 23.1. The topological polar surface area (TPSA) is 26.3 Å². The molecule has 46 heavy (non-hydrogen) atoms. The third-order valence-corrected chi connectivity index (χ3v) is 7.92. The monoisotopic (exact) mass is 608 g/mol. The summed E-state index contributed by atoms with van der Waals surface area (Å²) in [6.07, 6.45) is 0. The lowest BCUT2D eigenvalue weighted by Crippen LogP contribution is -1.91. The van der Waals surface area contributed by atoms with Gasteiger partial charge in [-0.05, 0) is 85.1 Å². The van der Waals surface area contributed by atoms with Crippen LogP contribution in [0.4, 0.5) is 0 Å². The summed E-state index contributed by atoms with van der Waals surface area (Å²) in [5.41, 5.74) is -2.85. The van der Waals surface area contributed by atoms with Crippen molar-refractivity contribution in [2.45, 2.75) is 0 Å². The van der Waals surface area contributed by atoms with Crippen molar-refractivity contribution in [3.05, 3.63) is 157 Å². The second kappa shape index (κ2) is 9.69. The maximum Gasteiger partial charge on any atom is 0.136 e. The van der Waals surface area contributed by atoms with Gasteiger partial charge in [-0.2, -0.15) is 0 Å². The number of para-hydroxylation sites is 1. The van der Waals surface area contributed by atoms with E-state index in [1.54, 1.807) is 0 Å². The molecule has 0 fully saturated rings. The first-order valence-electron chi connectivity index (χ1n) is 24.9. The van der Waals surface area contributed by atoms with E-state index in [1.807, 2.05) is 0 Å². The van der Waals surface area contributed by atoms with E-state index in [9.17, 15) is 9.60 Å². The number of hydrogen-bond acceptors (Lipinski definition) is 2. The number of hydrogen-bond donors (Lipinski definition) is 0. The minimum atomic E-state index is -0.812. The highest BCUT2D eigenvalue weighted by molar-refractivity contribution is 6.27. The largest absolute Gasteiger partial charge is 0.456 e. The maximum absolute atomic E-state index is 9.93. The Hall–Kier alpha value is -6.12. The molecule has 0 aliphatic carbocycles. The Bertz CT molecular complexity index is 3930. The van der Waals surface area contributed by atoms with Crippen LogP contribution < -0.4 is 0 Å². The zero-order valence-electron chi connectivity index (χ0n) is 45.1. The van der Waals surface area contributed by atoms with Crippen molar-refractivity contribution >= 4 is 65.4 Å². The molecule has 2 aromatic heterocycles. The summed E-state index contributed by atoms with van der Waals surface area (Å²) in [4.78, 5) is 0. The minimum absolute atomic E-state index is 0.0837. The molecule has 10 rings (SSSR count). The van der Waals surface area contributed by atoms with Gasteiger partial charge in [-0.1, -0.05) is 127 Å². The molecule has 0 N–H and O–H groups in total. The summed E-state index contributed by atoms with van der Waals surface area (Å²) in [5.74, 6) is 0. The van der Waals surface area contributed by atoms with Crippen LogP contribution in [0.5, 0.6) is 0 Å². The van der Waals surface area contributed by atoms with E-state index in [0.29, 0.717) is 0 Å². The van der Waals surface area contributed by atoms with Crippen molar-refractivity contribution in [1.82, 2.24) is 0 Å². The van der Waals surface area contributed by atoms with Crippen LogP contribution in [0.15, 0.2) is 166 Å². The van der Waals surface area contributed by atoms with Gasteiger partial charge in [-0.15, -0.1) is 0 Å². The van der Waals surface area contributed by atoms with Crippen LogP contribution in [0, 0.1) is 0 Å². The van der Waals surface area contributed by atoms with Gasteiger partial charge in [-0.3, -0.25) is 0 Å². The van der Waals surface area contributed by atoms with Crippen LogP contribution in [0.3, 0.4) is 0 Å². The van der Waals surface area contributed by atoms with Crippen molar-refractivity contribution in [2.75, 3.05) is 0 Å². The molecule has 0 saturated heterocycles. The fourth-order valence-corrected chi connectivity index (χ4v) is 5.99. The highest BCUT2D eigenvalue weighted by atomic mass is 16.3. The average molecular weight is 609 g/mol. The lowest BCUT2D eigenvalue weighted by molar-refractivity contribution is 0.663. The Morgan fingerprint density at radius 1 is 0.326 bits per heavy atom. The summed E-state index contributed by atoms with van der Waals surface area (Å²) < 4.78 is 207. The molecule has 0 saturated carbocycles. The Labute approximate surface area is 295 Å². The first kappa shape index (κ1) is 12.0. The van der Waals surface area contributed by atoms with E-state index in [1.165, 1.54) is 24.3 Å². The van der Waals surface area contributed by atoms with Gasteiger partial charge < -0.3 is 8.83 Å². The Kier molecular flexibility index (Phi) is 2.53. The highest BCUT2D eigenvalue weighted by Crippen LogP contribution is 2.46. The van der Waals surface area contributed by atoms with E-state index in [0.717, 1.165) is 0 Å². The number of fused-ring (bicyclic) bond motifs is 9. The second-order valence-electron chi connectivity index (χ2n) is 10.3. The molecule has 214 valence electrons. The minimum Gasteiger partial charge on any atom is -0.456 e. The van der Waals surface area contributed by atoms with E-state index in [-0.39, 0.29) is 54.6 Å². The van der Waals surface area contributed by atoms with Gasteiger partial charge in [0.25, 0.3) is 0 Å². The molecule has 10 aromatic rings. The van der Waals surface area contributed by atoms with E-state index in [2.05, 4.69) is 0 Å². The fraction of sp³-hybridized carbons (Fsp3) is 0. The third-order valence-electron chi connectivity index (χ3n) is 7.92. The van der Waals surface area contributed by atoms with Crippen molar-refractivity contribution in [3.8, 4) is 33.4 Å². The Morgan fingerprint density at radius 3 is 1.41 bits per heavy atom. The summed E-state index contributed by atoms with van der Waals surface area (Å²) in [6, 6.07) is -9.50. The number of rotatable bonds is 3. The van der Waals surface area contributed by atoms with Crippen LogP contribution >= 0.6 is 0 Å². The van der Waals surface area contributed by atoms with Crippen LogP contribution in [0.1, 0.15) is 30.2 Å². The Morgan fingerprint density at radius 2 is 0.783 bits per heavy atom. The smallest absolute Gasteiger partial charge is 0.136 e. The molecule has 2 heterocycles. The van der Waals surface area contributed by atoms with E-state index >= 15 is 0 Å². The standard InChI is InChI=1S/C44H26O2/c1-2-10-27(11-3-1)28-18-20-29(21-19-28)41-31-12-4-6-14-33(31)42(34-15-7-5-13-32(34)41)30-22-23-38-36(26-30)44-40(46-38)25-24-39-43(44)35-16-8-9-17-37(35)45-39/h1-26H/i1D,2D,3D,4D,5D,6D,7D,8D,9D,10D,11D,12D,13D,14D,15D,16D,17D,22D,23D,24D,25D,26D. The molecule has 8 aromatic carbocycles. The van der Waals surface area contributed by atoms with Crippen molar-refractivity contribution < 1.29 is 39.0 Å². The molecular formula is C44H26O2. The van der Waals surface area contributed by atoms with Crippen LogP contribution in [-0.4, -0.2) is 0 Å². The van der Waals surface area contributed by atoms with E-state index in [4.69, 9.17) is 29.4 Å². The van der Waals surface area contributed by atoms with Crippen molar-refractivity contribution in [1.29, 1.82) is 0 Å². The lowest BCUT2D eigenvalue weighted by Gasteiger charge is -2.18. The van der Waals surface area contributed by atoms with Crippen LogP contribution in [0.2, 0.25) is 0 Å². The van der Waals surface area contributed by atoms with Gasteiger partial charge in [-0.25, -0.2) is 0 Å². The Balaban J connectivity index is 1.43. The summed E-state index contributed by atoms with van der Waals surface area (Å²) in [6.45, 7) is 0. The molecule has 0 aliphatic rings. The van der Waals surface area contributed by atoms with Gasteiger partial charge in [0, 0.05) is 21.5 Å². The van der Waals surface area contributed by atoms with Gasteiger partial charge in [0.15, 0.2) is 0 Å². The summed E-state index contributed by atoms with van der Waals surface area (Å²) in [7, 11) is 0.